The van der Waals surface area contributed by atoms with Crippen molar-refractivity contribution in [3.8, 4) is 0 Å². The first-order valence-electron chi connectivity index (χ1n) is 8.43. The smallest absolute Gasteiger partial charge is 0.216 e. The molecule has 1 N–H and O–H groups in total. The predicted molar refractivity (Wildman–Crippen MR) is 88.4 cm³/mol. The number of aryl methyl sites for hydroxylation is 2. The lowest BCUT2D eigenvalue weighted by Crippen LogP contribution is -2.17. The van der Waals surface area contributed by atoms with E-state index in [9.17, 15) is 0 Å². The second kappa shape index (κ2) is 6.18. The van der Waals surface area contributed by atoms with Crippen LogP contribution in [0.3, 0.4) is 0 Å². The van der Waals surface area contributed by atoms with Crippen molar-refractivity contribution in [3.05, 3.63) is 24.3 Å². The molecular weight excluding hydrogens is 306 g/mol. The summed E-state index contributed by atoms with van der Waals surface area (Å²) in [7, 11) is 1.89. The minimum Gasteiger partial charge on any atom is -0.425 e. The Balaban J connectivity index is 1.41. The average Bonchev–Trinajstić information content (AvgIpc) is 3.30. The molecular formula is C16H21N7O. The molecule has 0 unspecified atom stereocenters. The van der Waals surface area contributed by atoms with Crippen molar-refractivity contribution in [1.29, 1.82) is 0 Å². The molecule has 1 fully saturated rings. The largest absolute Gasteiger partial charge is 0.425 e. The van der Waals surface area contributed by atoms with Crippen LogP contribution in [-0.2, 0) is 19.9 Å². The van der Waals surface area contributed by atoms with Crippen LogP contribution in [0.15, 0.2) is 16.9 Å². The van der Waals surface area contributed by atoms with Gasteiger partial charge in [-0.15, -0.1) is 10.2 Å². The maximum atomic E-state index is 5.63. The second-order valence-corrected chi connectivity index (χ2v) is 6.40. The molecule has 3 aromatic heterocycles. The van der Waals surface area contributed by atoms with Gasteiger partial charge in [0.15, 0.2) is 5.65 Å². The zero-order valence-electron chi connectivity index (χ0n) is 13.9. The summed E-state index contributed by atoms with van der Waals surface area (Å²) >= 11 is 0. The van der Waals surface area contributed by atoms with Crippen LogP contribution in [0.4, 0.5) is 5.82 Å². The Hall–Kier alpha value is -2.51. The fourth-order valence-electron chi connectivity index (χ4n) is 3.42. The molecule has 0 aliphatic heterocycles. The van der Waals surface area contributed by atoms with Gasteiger partial charge in [0.1, 0.15) is 12.1 Å². The lowest BCUT2D eigenvalue weighted by Gasteiger charge is -2.14. The zero-order chi connectivity index (χ0) is 16.5. The number of nitrogens with one attached hydrogen (secondary N) is 1. The van der Waals surface area contributed by atoms with E-state index in [1.54, 1.807) is 11.0 Å². The van der Waals surface area contributed by atoms with Crippen molar-refractivity contribution in [1.82, 2.24) is 29.9 Å². The van der Waals surface area contributed by atoms with E-state index in [0.717, 1.165) is 60.7 Å². The monoisotopic (exact) mass is 327 g/mol. The summed E-state index contributed by atoms with van der Waals surface area (Å²) in [5.41, 5.74) is 0.847. The normalized spacial score (nSPS) is 20.8. The van der Waals surface area contributed by atoms with Gasteiger partial charge >= 0.3 is 0 Å². The Kier molecular flexibility index (Phi) is 3.87. The molecule has 1 aliphatic rings. The minimum atomic E-state index is 0.405. The molecule has 8 nitrogen and oxygen atoms in total. The lowest BCUT2D eigenvalue weighted by atomic mass is 10.0. The molecule has 0 amide bonds. The van der Waals surface area contributed by atoms with Crippen molar-refractivity contribution >= 4 is 16.9 Å². The summed E-state index contributed by atoms with van der Waals surface area (Å²) in [5, 5.41) is 17.0. The number of anilines is 1. The second-order valence-electron chi connectivity index (χ2n) is 6.40. The standard InChI is InChI=1S/C16H21N7O/c1-3-13-21-22-14(24-13)7-10-4-5-11(6-10)20-15-12-8-19-23(2)16(12)18-9-17-15/h8-11H,3-7H2,1-2H3,(H,17,18,20)/t10-,11+/m1/s1. The molecule has 24 heavy (non-hydrogen) atoms. The SMILES string of the molecule is CCc1nnc(C[C@@H]2CC[C@H](Nc3ncnc4c3cnn4C)C2)o1. The van der Waals surface area contributed by atoms with E-state index >= 15 is 0 Å². The third-order valence-corrected chi connectivity index (χ3v) is 4.69. The van der Waals surface area contributed by atoms with Crippen LogP contribution in [0, 0.1) is 5.92 Å². The quantitative estimate of drug-likeness (QED) is 0.767. The van der Waals surface area contributed by atoms with Crippen molar-refractivity contribution < 1.29 is 4.42 Å². The van der Waals surface area contributed by atoms with E-state index in [2.05, 4.69) is 30.6 Å². The van der Waals surface area contributed by atoms with Gasteiger partial charge in [0.25, 0.3) is 0 Å². The molecule has 126 valence electrons. The molecule has 0 bridgehead atoms. The van der Waals surface area contributed by atoms with Gasteiger partial charge in [0.2, 0.25) is 11.8 Å². The number of rotatable bonds is 5. The first-order chi connectivity index (χ1) is 11.7. The van der Waals surface area contributed by atoms with Gasteiger partial charge in [-0.3, -0.25) is 4.68 Å². The lowest BCUT2D eigenvalue weighted by molar-refractivity contribution is 0.409. The van der Waals surface area contributed by atoms with E-state index in [4.69, 9.17) is 4.42 Å². The minimum absolute atomic E-state index is 0.405. The molecule has 1 saturated carbocycles. The topological polar surface area (TPSA) is 94.5 Å². The van der Waals surface area contributed by atoms with Gasteiger partial charge in [0.05, 0.1) is 11.6 Å². The van der Waals surface area contributed by atoms with Crippen LogP contribution in [0.5, 0.6) is 0 Å². The summed E-state index contributed by atoms with van der Waals surface area (Å²) in [6.07, 6.45) is 8.40. The Morgan fingerprint density at radius 1 is 1.25 bits per heavy atom. The average molecular weight is 327 g/mol. The zero-order valence-corrected chi connectivity index (χ0v) is 13.9. The van der Waals surface area contributed by atoms with Crippen LogP contribution < -0.4 is 5.32 Å². The van der Waals surface area contributed by atoms with Gasteiger partial charge in [-0.1, -0.05) is 6.92 Å². The first-order valence-corrected chi connectivity index (χ1v) is 8.43. The summed E-state index contributed by atoms with van der Waals surface area (Å²) in [6, 6.07) is 0.405. The summed E-state index contributed by atoms with van der Waals surface area (Å²) in [6.45, 7) is 2.02. The predicted octanol–water partition coefficient (Wildman–Crippen LogP) is 2.13. The summed E-state index contributed by atoms with van der Waals surface area (Å²) < 4.78 is 7.40. The van der Waals surface area contributed by atoms with E-state index in [1.165, 1.54) is 0 Å². The van der Waals surface area contributed by atoms with Crippen LogP contribution in [0.25, 0.3) is 11.0 Å². The summed E-state index contributed by atoms with van der Waals surface area (Å²) in [5.74, 6) is 2.91. The van der Waals surface area contributed by atoms with Crippen LogP contribution in [0.2, 0.25) is 0 Å². The van der Waals surface area contributed by atoms with E-state index in [0.29, 0.717) is 12.0 Å². The van der Waals surface area contributed by atoms with Crippen molar-refractivity contribution in [2.75, 3.05) is 5.32 Å². The van der Waals surface area contributed by atoms with Crippen molar-refractivity contribution in [3.63, 3.8) is 0 Å². The first kappa shape index (κ1) is 15.0. The highest BCUT2D eigenvalue weighted by molar-refractivity contribution is 5.86. The number of nitrogens with zero attached hydrogens (tertiary/aromatic N) is 6. The van der Waals surface area contributed by atoms with Crippen LogP contribution in [0.1, 0.15) is 38.0 Å². The van der Waals surface area contributed by atoms with Crippen LogP contribution >= 0.6 is 0 Å². The highest BCUT2D eigenvalue weighted by Crippen LogP contribution is 2.31. The third kappa shape index (κ3) is 2.83. The number of hydrogen-bond acceptors (Lipinski definition) is 7. The van der Waals surface area contributed by atoms with Gasteiger partial charge in [-0.2, -0.15) is 5.10 Å². The van der Waals surface area contributed by atoms with Gasteiger partial charge < -0.3 is 9.73 Å². The molecule has 1 aliphatic carbocycles. The molecule has 8 heteroatoms. The number of hydrogen-bond donors (Lipinski definition) is 1. The number of aromatic nitrogens is 6. The fourth-order valence-corrected chi connectivity index (χ4v) is 3.42. The van der Waals surface area contributed by atoms with Gasteiger partial charge in [-0.25, -0.2) is 9.97 Å². The molecule has 0 saturated heterocycles. The molecule has 2 atom stereocenters. The maximum Gasteiger partial charge on any atom is 0.216 e. The molecule has 4 rings (SSSR count). The van der Waals surface area contributed by atoms with E-state index in [1.807, 2.05) is 20.2 Å². The molecule has 0 spiro atoms. The van der Waals surface area contributed by atoms with Gasteiger partial charge in [0, 0.05) is 25.9 Å². The van der Waals surface area contributed by atoms with E-state index in [-0.39, 0.29) is 0 Å². The van der Waals surface area contributed by atoms with E-state index < -0.39 is 0 Å². The molecule has 0 aromatic carbocycles. The van der Waals surface area contributed by atoms with Crippen molar-refractivity contribution in [2.24, 2.45) is 13.0 Å². The Labute approximate surface area is 139 Å². The maximum absolute atomic E-state index is 5.63. The molecule has 3 heterocycles. The summed E-state index contributed by atoms with van der Waals surface area (Å²) in [4.78, 5) is 8.67. The van der Waals surface area contributed by atoms with Crippen molar-refractivity contribution in [2.45, 2.75) is 45.1 Å². The Morgan fingerprint density at radius 2 is 2.12 bits per heavy atom. The molecule has 3 aromatic rings. The molecule has 0 radical (unpaired) electrons. The van der Waals surface area contributed by atoms with Crippen LogP contribution in [-0.4, -0.2) is 36.0 Å². The number of fused-ring (bicyclic) bond motifs is 1. The fraction of sp³-hybridized carbons (Fsp3) is 0.562. The third-order valence-electron chi connectivity index (χ3n) is 4.69. The highest BCUT2D eigenvalue weighted by Gasteiger charge is 2.27. The van der Waals surface area contributed by atoms with Gasteiger partial charge in [-0.05, 0) is 25.2 Å². The Morgan fingerprint density at radius 3 is 2.96 bits per heavy atom. The Bertz CT molecular complexity index is 840. The highest BCUT2D eigenvalue weighted by atomic mass is 16.4.